The molecule has 0 aromatic heterocycles. The fourth-order valence-electron chi connectivity index (χ4n) is 0.876. The molecule has 0 aliphatic heterocycles. The molecule has 0 heterocycles. The Bertz CT molecular complexity index is 233. The lowest BCUT2D eigenvalue weighted by Crippen LogP contribution is -1.90. The Morgan fingerprint density at radius 3 is 2.55 bits per heavy atom. The number of nitrogens with two attached hydrogens (primary N) is 1. The first-order valence-electron chi connectivity index (χ1n) is 3.29. The molecule has 0 radical (unpaired) electrons. The molecule has 0 atom stereocenters. The molecule has 0 saturated heterocycles. The van der Waals surface area contributed by atoms with Crippen molar-refractivity contribution in [3.05, 3.63) is 42.5 Å². The van der Waals surface area contributed by atoms with Crippen LogP contribution in [0.3, 0.4) is 0 Å². The van der Waals surface area contributed by atoms with Gasteiger partial charge in [-0.1, -0.05) is 24.3 Å². The van der Waals surface area contributed by atoms with Crippen LogP contribution in [0.4, 0.5) is 5.69 Å². The Labute approximate surface area is 66.7 Å². The van der Waals surface area contributed by atoms with Crippen LogP contribution in [0.2, 0.25) is 0 Å². The summed E-state index contributed by atoms with van der Waals surface area (Å²) in [7, 11) is 0. The van der Waals surface area contributed by atoms with Gasteiger partial charge in [-0.3, -0.25) is 0 Å². The van der Waals surface area contributed by atoms with E-state index in [-0.39, 0.29) is 5.48 Å². The molecule has 0 spiro atoms. The van der Waals surface area contributed by atoms with Gasteiger partial charge >= 0.3 is 0 Å². The van der Waals surface area contributed by atoms with Crippen molar-refractivity contribution in [1.82, 2.24) is 0 Å². The molecular formula is C9H13NO. The van der Waals surface area contributed by atoms with Crippen LogP contribution in [0, 0.1) is 0 Å². The molecule has 11 heavy (non-hydrogen) atoms. The first kappa shape index (κ1) is 9.72. The maximum atomic E-state index is 5.66. The van der Waals surface area contributed by atoms with Crippen LogP contribution in [-0.4, -0.2) is 5.48 Å². The highest BCUT2D eigenvalue weighted by Gasteiger charge is 1.91. The van der Waals surface area contributed by atoms with Gasteiger partial charge in [-0.25, -0.2) is 0 Å². The van der Waals surface area contributed by atoms with E-state index in [0.717, 1.165) is 17.7 Å². The number of nitrogen functional groups attached to an aromatic ring is 1. The topological polar surface area (TPSA) is 57.5 Å². The van der Waals surface area contributed by atoms with E-state index in [0.29, 0.717) is 0 Å². The molecular weight excluding hydrogens is 138 g/mol. The lowest BCUT2D eigenvalue weighted by Gasteiger charge is -1.99. The predicted octanol–water partition coefficient (Wildman–Crippen LogP) is 1.17. The van der Waals surface area contributed by atoms with E-state index < -0.39 is 0 Å². The van der Waals surface area contributed by atoms with Crippen molar-refractivity contribution >= 4 is 5.69 Å². The third-order valence-electron chi connectivity index (χ3n) is 1.42. The van der Waals surface area contributed by atoms with Gasteiger partial charge in [0.05, 0.1) is 0 Å². The molecule has 2 nitrogen and oxygen atoms in total. The summed E-state index contributed by atoms with van der Waals surface area (Å²) in [6, 6.07) is 7.83. The van der Waals surface area contributed by atoms with E-state index in [4.69, 9.17) is 5.73 Å². The summed E-state index contributed by atoms with van der Waals surface area (Å²) < 4.78 is 0. The van der Waals surface area contributed by atoms with Crippen molar-refractivity contribution in [3.63, 3.8) is 0 Å². The molecule has 4 N–H and O–H groups in total. The third kappa shape index (κ3) is 2.43. The fourth-order valence-corrected chi connectivity index (χ4v) is 0.876. The second-order valence-corrected chi connectivity index (χ2v) is 2.19. The van der Waals surface area contributed by atoms with E-state index in [1.165, 1.54) is 0 Å². The molecule has 1 aromatic carbocycles. The third-order valence-corrected chi connectivity index (χ3v) is 1.42. The number of para-hydroxylation sites is 1. The van der Waals surface area contributed by atoms with E-state index in [1.807, 2.05) is 30.3 Å². The van der Waals surface area contributed by atoms with Crippen molar-refractivity contribution in [2.75, 3.05) is 5.73 Å². The second-order valence-electron chi connectivity index (χ2n) is 2.19. The Balaban J connectivity index is 0.000001000. The minimum absolute atomic E-state index is 0. The number of benzene rings is 1. The molecule has 0 aliphatic rings. The molecule has 60 valence electrons. The highest BCUT2D eigenvalue weighted by Crippen LogP contribution is 2.10. The molecule has 0 fully saturated rings. The van der Waals surface area contributed by atoms with Crippen LogP contribution >= 0.6 is 0 Å². The van der Waals surface area contributed by atoms with Crippen LogP contribution < -0.4 is 5.73 Å². The molecule has 0 saturated carbocycles. The summed E-state index contributed by atoms with van der Waals surface area (Å²) >= 11 is 0. The smallest absolute Gasteiger partial charge is 0.0349 e. The Morgan fingerprint density at radius 1 is 1.36 bits per heavy atom. The second kappa shape index (κ2) is 4.52. The fraction of sp³-hybridized carbons (Fsp3) is 0.111. The van der Waals surface area contributed by atoms with Crippen LogP contribution in [0.25, 0.3) is 0 Å². The SMILES string of the molecule is C=CCc1ccccc1N.O. The monoisotopic (exact) mass is 151 g/mol. The summed E-state index contributed by atoms with van der Waals surface area (Å²) in [5.41, 5.74) is 7.66. The number of allylic oxidation sites excluding steroid dienone is 1. The lowest BCUT2D eigenvalue weighted by molar-refractivity contribution is 0.824. The van der Waals surface area contributed by atoms with Crippen LogP contribution in [0.1, 0.15) is 5.56 Å². The highest BCUT2D eigenvalue weighted by atomic mass is 16.0. The van der Waals surface area contributed by atoms with E-state index in [1.54, 1.807) is 0 Å². The molecule has 2 heteroatoms. The molecule has 1 aromatic rings. The van der Waals surface area contributed by atoms with Crippen LogP contribution in [0.5, 0.6) is 0 Å². The van der Waals surface area contributed by atoms with Gasteiger partial charge in [-0.15, -0.1) is 6.58 Å². The first-order valence-corrected chi connectivity index (χ1v) is 3.29. The Kier molecular flexibility index (Phi) is 4.00. The van der Waals surface area contributed by atoms with Crippen molar-refractivity contribution in [2.24, 2.45) is 0 Å². The first-order chi connectivity index (χ1) is 4.84. The average molecular weight is 151 g/mol. The predicted molar refractivity (Wildman–Crippen MR) is 48.4 cm³/mol. The Hall–Kier alpha value is -1.28. The molecule has 0 aliphatic carbocycles. The van der Waals surface area contributed by atoms with Gasteiger partial charge in [-0.05, 0) is 18.1 Å². The molecule has 1 rings (SSSR count). The van der Waals surface area contributed by atoms with Crippen molar-refractivity contribution in [3.8, 4) is 0 Å². The van der Waals surface area contributed by atoms with Gasteiger partial charge in [0.25, 0.3) is 0 Å². The van der Waals surface area contributed by atoms with Crippen molar-refractivity contribution in [1.29, 1.82) is 0 Å². The minimum Gasteiger partial charge on any atom is -0.412 e. The van der Waals surface area contributed by atoms with Gasteiger partial charge in [-0.2, -0.15) is 0 Å². The van der Waals surface area contributed by atoms with Gasteiger partial charge in [0.2, 0.25) is 0 Å². The number of hydrogen-bond acceptors (Lipinski definition) is 1. The summed E-state index contributed by atoms with van der Waals surface area (Å²) in [5, 5.41) is 0. The maximum Gasteiger partial charge on any atom is 0.0349 e. The minimum atomic E-state index is 0. The van der Waals surface area contributed by atoms with Gasteiger partial charge in [0.1, 0.15) is 0 Å². The zero-order valence-corrected chi connectivity index (χ0v) is 6.38. The van der Waals surface area contributed by atoms with Gasteiger partial charge < -0.3 is 11.2 Å². The van der Waals surface area contributed by atoms with E-state index in [9.17, 15) is 0 Å². The Morgan fingerprint density at radius 2 is 2.00 bits per heavy atom. The van der Waals surface area contributed by atoms with Crippen molar-refractivity contribution < 1.29 is 5.48 Å². The van der Waals surface area contributed by atoms with Crippen LogP contribution in [0.15, 0.2) is 36.9 Å². The van der Waals surface area contributed by atoms with Gasteiger partial charge in [0, 0.05) is 5.69 Å². The van der Waals surface area contributed by atoms with Crippen molar-refractivity contribution in [2.45, 2.75) is 6.42 Å². The van der Waals surface area contributed by atoms with E-state index in [2.05, 4.69) is 6.58 Å². The lowest BCUT2D eigenvalue weighted by atomic mass is 10.1. The largest absolute Gasteiger partial charge is 0.412 e. The maximum absolute atomic E-state index is 5.66. The summed E-state index contributed by atoms with van der Waals surface area (Å²) in [4.78, 5) is 0. The zero-order valence-electron chi connectivity index (χ0n) is 6.38. The summed E-state index contributed by atoms with van der Waals surface area (Å²) in [6.07, 6.45) is 2.71. The molecule has 0 amide bonds. The quantitative estimate of drug-likeness (QED) is 0.500. The number of anilines is 1. The molecule has 0 bridgehead atoms. The number of hydrogen-bond donors (Lipinski definition) is 1. The average Bonchev–Trinajstić information content (AvgIpc) is 1.94. The summed E-state index contributed by atoms with van der Waals surface area (Å²) in [5.74, 6) is 0. The highest BCUT2D eigenvalue weighted by molar-refractivity contribution is 5.46. The molecule has 0 unspecified atom stereocenters. The van der Waals surface area contributed by atoms with E-state index >= 15 is 0 Å². The zero-order chi connectivity index (χ0) is 7.40. The van der Waals surface area contributed by atoms with Gasteiger partial charge in [0.15, 0.2) is 0 Å². The van der Waals surface area contributed by atoms with Crippen LogP contribution in [-0.2, 0) is 6.42 Å². The normalized spacial score (nSPS) is 8.36. The summed E-state index contributed by atoms with van der Waals surface area (Å²) in [6.45, 7) is 3.64. The standard InChI is InChI=1S/C9H11N.H2O/c1-2-5-8-6-3-4-7-9(8)10;/h2-4,6-7H,1,5,10H2;1H2. The number of rotatable bonds is 2.